The van der Waals surface area contributed by atoms with Gasteiger partial charge in [-0.3, -0.25) is 0 Å². The van der Waals surface area contributed by atoms with E-state index >= 15 is 0 Å². The highest BCUT2D eigenvalue weighted by Gasteiger charge is 2.24. The van der Waals surface area contributed by atoms with Crippen LogP contribution in [0.5, 0.6) is 0 Å². The first-order chi connectivity index (χ1) is 13.8. The normalized spacial score (nSPS) is 17.8. The van der Waals surface area contributed by atoms with Gasteiger partial charge in [0.05, 0.1) is 10.7 Å². The smallest absolute Gasteiger partial charge is 0.137 e. The highest BCUT2D eigenvalue weighted by Crippen LogP contribution is 2.46. The second kappa shape index (κ2) is 7.80. The molecular weight excluding hydrogens is 362 g/mol. The van der Waals surface area contributed by atoms with E-state index in [9.17, 15) is 10.5 Å². The Kier molecular flexibility index (Phi) is 5.06. The van der Waals surface area contributed by atoms with Crippen LogP contribution in [-0.4, -0.2) is 6.54 Å². The van der Waals surface area contributed by atoms with Gasteiger partial charge in [-0.2, -0.15) is 10.5 Å². The molecule has 0 spiro atoms. The molecule has 0 saturated heterocycles. The van der Waals surface area contributed by atoms with Gasteiger partial charge in [0.1, 0.15) is 17.7 Å². The number of hydrogen-bond acceptors (Lipinski definition) is 4. The maximum absolute atomic E-state index is 9.51. The van der Waals surface area contributed by atoms with Gasteiger partial charge in [0.2, 0.25) is 0 Å². The van der Waals surface area contributed by atoms with Crippen molar-refractivity contribution in [3.8, 4) is 12.1 Å². The number of para-hydroxylation sites is 1. The maximum atomic E-state index is 9.51. The summed E-state index contributed by atoms with van der Waals surface area (Å²) in [4.78, 5) is 3.56. The second-order valence-corrected chi connectivity index (χ2v) is 7.70. The van der Waals surface area contributed by atoms with Crippen LogP contribution < -0.4 is 4.90 Å². The van der Waals surface area contributed by atoms with Crippen LogP contribution in [0.1, 0.15) is 24.5 Å². The Morgan fingerprint density at radius 3 is 2.57 bits per heavy atom. The van der Waals surface area contributed by atoms with E-state index in [-0.39, 0.29) is 5.57 Å². The standard InChI is InChI=1S/C24H19N3S/c1-2-27-21-9-5-6-10-22(21)28-23(27)14-13-18-12-11-17-7-3-4-8-20(17)24(18)19(15-25)16-26/h3-10,13-14H,2,11-12H2,1H3/b18-13+,23-14-. The fraction of sp³-hybridized carbons (Fsp3) is 0.167. The van der Waals surface area contributed by atoms with E-state index in [1.165, 1.54) is 21.2 Å². The molecule has 1 heterocycles. The molecule has 136 valence electrons. The number of anilines is 1. The number of allylic oxidation sites excluding steroid dienone is 5. The molecule has 0 unspecified atom stereocenters. The van der Waals surface area contributed by atoms with E-state index in [2.05, 4.69) is 66.4 Å². The van der Waals surface area contributed by atoms with E-state index < -0.39 is 0 Å². The maximum Gasteiger partial charge on any atom is 0.137 e. The average molecular weight is 382 g/mol. The van der Waals surface area contributed by atoms with E-state index in [0.717, 1.165) is 36.1 Å². The van der Waals surface area contributed by atoms with Crippen LogP contribution in [0.2, 0.25) is 0 Å². The first kappa shape index (κ1) is 18.2. The summed E-state index contributed by atoms with van der Waals surface area (Å²) >= 11 is 1.76. The van der Waals surface area contributed by atoms with Crippen LogP contribution in [0, 0.1) is 22.7 Å². The van der Waals surface area contributed by atoms with E-state index in [1.54, 1.807) is 11.8 Å². The van der Waals surface area contributed by atoms with Crippen molar-refractivity contribution in [2.45, 2.75) is 24.7 Å². The summed E-state index contributed by atoms with van der Waals surface area (Å²) in [6.45, 7) is 3.04. The zero-order valence-electron chi connectivity index (χ0n) is 15.6. The van der Waals surface area contributed by atoms with Gasteiger partial charge in [-0.15, -0.1) is 0 Å². The monoisotopic (exact) mass is 381 g/mol. The molecule has 1 aliphatic heterocycles. The minimum absolute atomic E-state index is 0.187. The van der Waals surface area contributed by atoms with Crippen molar-refractivity contribution in [2.24, 2.45) is 0 Å². The number of aryl methyl sites for hydroxylation is 1. The number of fused-ring (bicyclic) bond motifs is 2. The second-order valence-electron chi connectivity index (χ2n) is 6.64. The van der Waals surface area contributed by atoms with Crippen molar-refractivity contribution in [1.29, 1.82) is 10.5 Å². The van der Waals surface area contributed by atoms with Gasteiger partial charge in [-0.1, -0.05) is 54.2 Å². The van der Waals surface area contributed by atoms with Crippen LogP contribution in [0.4, 0.5) is 5.69 Å². The first-order valence-corrected chi connectivity index (χ1v) is 10.2. The van der Waals surface area contributed by atoms with Gasteiger partial charge in [0.25, 0.3) is 0 Å². The number of rotatable bonds is 2. The SMILES string of the molecule is CCN1/C(=C/C=C2\CCc3ccccc3C2=C(C#N)C#N)Sc2ccccc21. The largest absolute Gasteiger partial charge is 0.335 e. The number of nitrogens with zero attached hydrogens (tertiary/aromatic N) is 3. The molecule has 2 aliphatic rings. The van der Waals surface area contributed by atoms with Crippen molar-refractivity contribution >= 4 is 23.0 Å². The lowest BCUT2D eigenvalue weighted by atomic mass is 9.81. The summed E-state index contributed by atoms with van der Waals surface area (Å²) in [6.07, 6.45) is 5.97. The summed E-state index contributed by atoms with van der Waals surface area (Å²) in [5.74, 6) is 0. The number of nitriles is 2. The molecule has 0 radical (unpaired) electrons. The Balaban J connectivity index is 1.78. The number of benzene rings is 2. The van der Waals surface area contributed by atoms with E-state index in [1.807, 2.05) is 18.2 Å². The zero-order chi connectivity index (χ0) is 19.5. The first-order valence-electron chi connectivity index (χ1n) is 9.35. The summed E-state index contributed by atoms with van der Waals surface area (Å²) < 4.78 is 0. The molecule has 0 atom stereocenters. The molecule has 3 nitrogen and oxygen atoms in total. The molecule has 0 aromatic heterocycles. The fourth-order valence-electron chi connectivity index (χ4n) is 3.82. The number of hydrogen-bond donors (Lipinski definition) is 0. The van der Waals surface area contributed by atoms with Crippen molar-refractivity contribution < 1.29 is 0 Å². The lowest BCUT2D eigenvalue weighted by molar-refractivity contribution is 0.937. The van der Waals surface area contributed by atoms with Gasteiger partial charge in [0.15, 0.2) is 0 Å². The van der Waals surface area contributed by atoms with Crippen LogP contribution >= 0.6 is 11.8 Å². The fourth-order valence-corrected chi connectivity index (χ4v) is 4.95. The third-order valence-electron chi connectivity index (χ3n) is 5.13. The lowest BCUT2D eigenvalue weighted by Crippen LogP contribution is -2.16. The molecule has 4 heteroatoms. The van der Waals surface area contributed by atoms with Crippen LogP contribution in [0.3, 0.4) is 0 Å². The Bertz CT molecular complexity index is 1090. The Morgan fingerprint density at radius 1 is 1.04 bits per heavy atom. The lowest BCUT2D eigenvalue weighted by Gasteiger charge is -2.22. The van der Waals surface area contributed by atoms with Crippen LogP contribution in [-0.2, 0) is 6.42 Å². The third kappa shape index (κ3) is 3.13. The minimum atomic E-state index is 0.187. The molecular formula is C24H19N3S. The van der Waals surface area contributed by atoms with Crippen molar-refractivity contribution in [2.75, 3.05) is 11.4 Å². The third-order valence-corrected chi connectivity index (χ3v) is 6.26. The minimum Gasteiger partial charge on any atom is -0.335 e. The molecule has 0 N–H and O–H groups in total. The topological polar surface area (TPSA) is 50.8 Å². The summed E-state index contributed by atoms with van der Waals surface area (Å²) in [5, 5.41) is 20.2. The number of thioether (sulfide) groups is 1. The van der Waals surface area contributed by atoms with Gasteiger partial charge in [-0.05, 0) is 54.7 Å². The molecule has 4 rings (SSSR count). The predicted molar refractivity (Wildman–Crippen MR) is 114 cm³/mol. The summed E-state index contributed by atoms with van der Waals surface area (Å²) in [5.41, 5.74) is 5.46. The zero-order valence-corrected chi connectivity index (χ0v) is 16.5. The van der Waals surface area contributed by atoms with Crippen molar-refractivity contribution in [1.82, 2.24) is 0 Å². The molecule has 2 aromatic rings. The molecule has 1 aliphatic carbocycles. The summed E-state index contributed by atoms with van der Waals surface area (Å²) in [6, 6.07) is 20.7. The van der Waals surface area contributed by atoms with Gasteiger partial charge in [0, 0.05) is 17.0 Å². The molecule has 0 saturated carbocycles. The molecule has 2 aromatic carbocycles. The molecule has 28 heavy (non-hydrogen) atoms. The summed E-state index contributed by atoms with van der Waals surface area (Å²) in [7, 11) is 0. The molecule has 0 fully saturated rings. The predicted octanol–water partition coefficient (Wildman–Crippen LogP) is 5.83. The van der Waals surface area contributed by atoms with Gasteiger partial charge in [-0.25, -0.2) is 0 Å². The molecule has 0 amide bonds. The average Bonchev–Trinajstić information content (AvgIpc) is 3.11. The van der Waals surface area contributed by atoms with Gasteiger partial charge >= 0.3 is 0 Å². The quantitative estimate of drug-likeness (QED) is 0.614. The van der Waals surface area contributed by atoms with E-state index in [4.69, 9.17) is 0 Å². The van der Waals surface area contributed by atoms with Crippen LogP contribution in [0.25, 0.3) is 5.57 Å². The highest BCUT2D eigenvalue weighted by molar-refractivity contribution is 8.03. The Morgan fingerprint density at radius 2 is 1.79 bits per heavy atom. The van der Waals surface area contributed by atoms with E-state index in [0.29, 0.717) is 0 Å². The molecule has 0 bridgehead atoms. The highest BCUT2D eigenvalue weighted by atomic mass is 32.2. The Labute approximate surface area is 169 Å². The van der Waals surface area contributed by atoms with Gasteiger partial charge < -0.3 is 4.90 Å². The van der Waals surface area contributed by atoms with Crippen LogP contribution in [0.15, 0.2) is 81.8 Å². The van der Waals surface area contributed by atoms with Crippen molar-refractivity contribution in [3.05, 3.63) is 88.0 Å². The van der Waals surface area contributed by atoms with Crippen molar-refractivity contribution in [3.63, 3.8) is 0 Å². The Hall–Kier alpha value is -3.21.